The van der Waals surface area contributed by atoms with Gasteiger partial charge in [0, 0.05) is 12.8 Å². The molecule has 0 aromatic carbocycles. The molecule has 1 aliphatic rings. The summed E-state index contributed by atoms with van der Waals surface area (Å²) < 4.78 is 33.4. The van der Waals surface area contributed by atoms with Crippen molar-refractivity contribution in [1.82, 2.24) is 0 Å². The van der Waals surface area contributed by atoms with Crippen molar-refractivity contribution in [2.45, 2.75) is 185 Å². The number of phosphoric ester groups is 1. The van der Waals surface area contributed by atoms with E-state index in [0.29, 0.717) is 12.8 Å². The van der Waals surface area contributed by atoms with Crippen LogP contribution in [0.3, 0.4) is 0 Å². The van der Waals surface area contributed by atoms with Gasteiger partial charge in [-0.15, -0.1) is 0 Å². The van der Waals surface area contributed by atoms with E-state index in [-0.39, 0.29) is 12.8 Å². The molecule has 0 aromatic heterocycles. The zero-order valence-corrected chi connectivity index (χ0v) is 36.4. The number of esters is 2. The molecule has 0 aromatic rings. The molecule has 8 atom stereocenters. The van der Waals surface area contributed by atoms with E-state index >= 15 is 0 Å². The van der Waals surface area contributed by atoms with Crippen LogP contribution in [-0.4, -0.2) is 98.3 Å². The van der Waals surface area contributed by atoms with Gasteiger partial charge in [-0.3, -0.25) is 18.6 Å². The molecule has 0 amide bonds. The number of phosphoric acid groups is 1. The zero-order valence-electron chi connectivity index (χ0n) is 35.5. The van der Waals surface area contributed by atoms with Gasteiger partial charge in [0.05, 0.1) is 6.61 Å². The molecule has 0 heterocycles. The van der Waals surface area contributed by atoms with Gasteiger partial charge in [-0.25, -0.2) is 4.57 Å². The van der Waals surface area contributed by atoms with Crippen LogP contribution in [0.5, 0.6) is 0 Å². The second kappa shape index (κ2) is 34.9. The van der Waals surface area contributed by atoms with E-state index in [1.165, 1.54) is 19.3 Å². The highest BCUT2D eigenvalue weighted by molar-refractivity contribution is 7.47. The summed E-state index contributed by atoms with van der Waals surface area (Å²) in [5.41, 5.74) is 0. The Labute approximate surface area is 353 Å². The van der Waals surface area contributed by atoms with Gasteiger partial charge in [-0.05, 0) is 83.5 Å². The highest BCUT2D eigenvalue weighted by Gasteiger charge is 2.51. The third-order valence-corrected chi connectivity index (χ3v) is 10.5. The minimum Gasteiger partial charge on any atom is -0.462 e. The molecule has 1 rings (SSSR count). The van der Waals surface area contributed by atoms with Crippen LogP contribution in [0.1, 0.15) is 142 Å². The highest BCUT2D eigenvalue weighted by Crippen LogP contribution is 2.47. The van der Waals surface area contributed by atoms with E-state index in [9.17, 15) is 44.6 Å². The lowest BCUT2D eigenvalue weighted by Gasteiger charge is -2.41. The van der Waals surface area contributed by atoms with Crippen molar-refractivity contribution in [2.24, 2.45) is 0 Å². The Hall–Kier alpha value is -2.71. The Balaban J connectivity index is 2.54. The number of aliphatic hydroxyl groups is 5. The molecule has 14 heteroatoms. The number of aliphatic hydroxyl groups excluding tert-OH is 5. The first-order valence-electron chi connectivity index (χ1n) is 21.7. The van der Waals surface area contributed by atoms with E-state index in [1.54, 1.807) is 0 Å². The lowest BCUT2D eigenvalue weighted by molar-refractivity contribution is -0.220. The summed E-state index contributed by atoms with van der Waals surface area (Å²) in [5, 5.41) is 50.1. The van der Waals surface area contributed by atoms with Gasteiger partial charge in [0.2, 0.25) is 0 Å². The molecule has 1 fully saturated rings. The van der Waals surface area contributed by atoms with Crippen molar-refractivity contribution in [3.8, 4) is 0 Å². The Bertz CT molecular complexity index is 1310. The molecule has 6 unspecified atom stereocenters. The van der Waals surface area contributed by atoms with Crippen LogP contribution >= 0.6 is 7.82 Å². The molecular weight excluding hydrogens is 779 g/mol. The van der Waals surface area contributed by atoms with Crippen molar-refractivity contribution < 1.29 is 63.1 Å². The van der Waals surface area contributed by atoms with E-state index in [1.807, 2.05) is 0 Å². The molecule has 0 saturated heterocycles. The van der Waals surface area contributed by atoms with Crippen LogP contribution in [0, 0.1) is 0 Å². The van der Waals surface area contributed by atoms with Gasteiger partial charge in [-0.2, -0.15) is 0 Å². The third-order valence-electron chi connectivity index (χ3n) is 9.53. The first-order chi connectivity index (χ1) is 28.4. The van der Waals surface area contributed by atoms with Gasteiger partial charge in [0.25, 0.3) is 0 Å². The fraction of sp³-hybridized carbons (Fsp3) is 0.689. The van der Waals surface area contributed by atoms with Crippen molar-refractivity contribution in [3.63, 3.8) is 0 Å². The van der Waals surface area contributed by atoms with Crippen LogP contribution in [0.4, 0.5) is 0 Å². The number of carbonyl (C=O) groups excluding carboxylic acids is 2. The topological polar surface area (TPSA) is 210 Å². The zero-order chi connectivity index (χ0) is 43.6. The Morgan fingerprint density at radius 1 is 0.542 bits per heavy atom. The predicted molar refractivity (Wildman–Crippen MR) is 230 cm³/mol. The smallest absolute Gasteiger partial charge is 0.462 e. The fourth-order valence-corrected chi connectivity index (χ4v) is 6.98. The van der Waals surface area contributed by atoms with Crippen molar-refractivity contribution in [2.75, 3.05) is 13.2 Å². The number of hydrogen-bond acceptors (Lipinski definition) is 12. The second-order valence-corrected chi connectivity index (χ2v) is 16.2. The number of hydrogen-bond donors (Lipinski definition) is 6. The first kappa shape index (κ1) is 54.3. The molecule has 0 aliphatic heterocycles. The summed E-state index contributed by atoms with van der Waals surface area (Å²) in [6.45, 7) is 3.08. The molecule has 6 N–H and O–H groups in total. The van der Waals surface area contributed by atoms with Crippen LogP contribution in [0.25, 0.3) is 0 Å². The monoisotopic (exact) mass is 854 g/mol. The maximum Gasteiger partial charge on any atom is 0.472 e. The molecule has 1 saturated carbocycles. The first-order valence-corrected chi connectivity index (χ1v) is 23.2. The largest absolute Gasteiger partial charge is 0.472 e. The molecule has 13 nitrogen and oxygen atoms in total. The Morgan fingerprint density at radius 2 is 0.966 bits per heavy atom. The maximum absolute atomic E-state index is 12.8. The molecule has 338 valence electrons. The predicted octanol–water partition coefficient (Wildman–Crippen LogP) is 7.94. The number of carbonyl (C=O) groups is 2. The van der Waals surface area contributed by atoms with Crippen LogP contribution < -0.4 is 0 Å². The number of rotatable bonds is 34. The summed E-state index contributed by atoms with van der Waals surface area (Å²) >= 11 is 0. The van der Waals surface area contributed by atoms with Crippen LogP contribution in [-0.2, 0) is 32.7 Å². The minimum absolute atomic E-state index is 0.0649. The summed E-state index contributed by atoms with van der Waals surface area (Å²) in [7, 11) is -5.13. The van der Waals surface area contributed by atoms with Crippen LogP contribution in [0.15, 0.2) is 72.9 Å². The molecule has 59 heavy (non-hydrogen) atoms. The lowest BCUT2D eigenvalue weighted by Crippen LogP contribution is -2.64. The van der Waals surface area contributed by atoms with Gasteiger partial charge in [0.15, 0.2) is 6.10 Å². The van der Waals surface area contributed by atoms with Gasteiger partial charge < -0.3 is 39.9 Å². The summed E-state index contributed by atoms with van der Waals surface area (Å²) in [5.74, 6) is -1.17. The molecule has 0 spiro atoms. The van der Waals surface area contributed by atoms with E-state index < -0.39 is 75.7 Å². The number of unbranched alkanes of at least 4 members (excludes halogenated alkanes) is 10. The number of ether oxygens (including phenoxy) is 2. The van der Waals surface area contributed by atoms with Crippen LogP contribution in [0.2, 0.25) is 0 Å². The minimum atomic E-state index is -5.13. The highest BCUT2D eigenvalue weighted by atomic mass is 31.2. The molecule has 0 radical (unpaired) electrons. The maximum atomic E-state index is 12.8. The van der Waals surface area contributed by atoms with E-state index in [0.717, 1.165) is 83.5 Å². The van der Waals surface area contributed by atoms with Crippen molar-refractivity contribution in [1.29, 1.82) is 0 Å². The van der Waals surface area contributed by atoms with Gasteiger partial charge in [-0.1, -0.05) is 119 Å². The molecule has 0 bridgehead atoms. The summed E-state index contributed by atoms with van der Waals surface area (Å²) in [4.78, 5) is 35.6. The lowest BCUT2D eigenvalue weighted by atomic mass is 9.85. The van der Waals surface area contributed by atoms with Gasteiger partial charge >= 0.3 is 19.8 Å². The van der Waals surface area contributed by atoms with E-state index in [2.05, 4.69) is 86.8 Å². The van der Waals surface area contributed by atoms with Crippen molar-refractivity contribution in [3.05, 3.63) is 72.9 Å². The van der Waals surface area contributed by atoms with Gasteiger partial charge in [0.1, 0.15) is 43.2 Å². The SMILES string of the molecule is CC/C=C\C/C=C\C/C=C\CCCCCCCC(=O)O[C@H](COC(=O)CCCC/C=C\C/C=C\C/C=C\CCCCC)COP(=O)(O)OC1C(O)C(O)C(O)[C@@H](O)C1O. The standard InChI is InChI=1S/C45H75O13P/c1-3-5-7-9-11-13-15-17-19-21-23-25-27-29-31-33-38(46)55-35-37(36-56-59(53,54)58-45-43(51)41(49)40(48)42(50)44(45)52)57-39(47)34-32-30-28-26-24-22-20-18-16-14-12-10-8-6-4-2/h6,8,11-14,17-20,23,25,37,40-45,48-52H,3-5,7,9-10,15-16,21-22,24,26-36H2,1-2H3,(H,53,54)/b8-6-,13-11-,14-12-,19-17-,20-18-,25-23-/t37-,40?,41-,42?,43?,44?,45?/m1/s1. The fourth-order valence-electron chi connectivity index (χ4n) is 6.01. The Morgan fingerprint density at radius 3 is 1.51 bits per heavy atom. The molecular formula is C45H75O13P. The molecule has 1 aliphatic carbocycles. The Kier molecular flexibility index (Phi) is 32.2. The third kappa shape index (κ3) is 27.7. The summed E-state index contributed by atoms with van der Waals surface area (Å²) in [6.07, 6.45) is 29.6. The quantitative estimate of drug-likeness (QED) is 0.0157. The summed E-state index contributed by atoms with van der Waals surface area (Å²) in [6, 6.07) is 0. The van der Waals surface area contributed by atoms with Crippen molar-refractivity contribution >= 4 is 19.8 Å². The average molecular weight is 855 g/mol. The normalized spacial score (nSPS) is 23.1. The number of allylic oxidation sites excluding steroid dienone is 12. The van der Waals surface area contributed by atoms with E-state index in [4.69, 9.17) is 18.5 Å². The second-order valence-electron chi connectivity index (χ2n) is 14.8. The average Bonchev–Trinajstić information content (AvgIpc) is 3.21.